The Morgan fingerprint density at radius 3 is 2.25 bits per heavy atom. The molecule has 1 aromatic heterocycles. The average molecular weight is 275 g/mol. The first-order chi connectivity index (χ1) is 9.49. The van der Waals surface area contributed by atoms with Crippen LogP contribution in [-0.4, -0.2) is 29.1 Å². The molecule has 2 heterocycles. The van der Waals surface area contributed by atoms with Crippen LogP contribution < -0.4 is 4.90 Å². The number of hydrogen-bond donors (Lipinski definition) is 0. The number of ketones is 1. The summed E-state index contributed by atoms with van der Waals surface area (Å²) in [5.41, 5.74) is 1.03. The van der Waals surface area contributed by atoms with E-state index in [-0.39, 0.29) is 11.8 Å². The van der Waals surface area contributed by atoms with Gasteiger partial charge in [-0.05, 0) is 30.9 Å². The van der Waals surface area contributed by atoms with Crippen molar-refractivity contribution in [1.29, 1.82) is 0 Å². The van der Waals surface area contributed by atoms with E-state index < -0.39 is 0 Å². The summed E-state index contributed by atoms with van der Waals surface area (Å²) in [4.78, 5) is 14.3. The highest BCUT2D eigenvalue weighted by Gasteiger charge is 2.27. The zero-order valence-electron chi connectivity index (χ0n) is 13.0. The molecule has 0 radical (unpaired) electrons. The first-order valence-corrected chi connectivity index (χ1v) is 7.61. The highest BCUT2D eigenvalue weighted by Crippen LogP contribution is 2.24. The molecular formula is C16H25N3O. The molecule has 4 heteroatoms. The minimum absolute atomic E-state index is 0.150. The number of hydrogen-bond acceptors (Lipinski definition) is 4. The van der Waals surface area contributed by atoms with E-state index in [1.165, 1.54) is 0 Å². The molecule has 0 amide bonds. The van der Waals surface area contributed by atoms with E-state index in [9.17, 15) is 4.79 Å². The number of aromatic nitrogens is 2. The number of piperidine rings is 1. The number of anilines is 1. The molecule has 0 saturated carbocycles. The molecule has 0 atom stereocenters. The monoisotopic (exact) mass is 275 g/mol. The molecule has 1 saturated heterocycles. The Morgan fingerprint density at radius 2 is 1.80 bits per heavy atom. The van der Waals surface area contributed by atoms with Crippen molar-refractivity contribution in [2.24, 2.45) is 11.8 Å². The number of carbonyl (C=O) groups is 1. The normalized spacial score (nSPS) is 17.0. The third kappa shape index (κ3) is 3.35. The third-order valence-corrected chi connectivity index (χ3v) is 4.05. The summed E-state index contributed by atoms with van der Waals surface area (Å²) in [6, 6.07) is 4.10. The number of carbonyl (C=O) groups excluding carboxylic acids is 1. The van der Waals surface area contributed by atoms with Crippen LogP contribution in [0.25, 0.3) is 0 Å². The second-order valence-corrected chi connectivity index (χ2v) is 6.29. The molecule has 1 aliphatic heterocycles. The smallest absolute Gasteiger partial charge is 0.151 e. The second kappa shape index (κ2) is 6.33. The van der Waals surface area contributed by atoms with Crippen LogP contribution in [0.2, 0.25) is 0 Å². The molecule has 1 fully saturated rings. The van der Waals surface area contributed by atoms with Crippen LogP contribution in [0.5, 0.6) is 0 Å². The number of nitrogens with zero attached hydrogens (tertiary/aromatic N) is 3. The summed E-state index contributed by atoms with van der Waals surface area (Å²) in [6.07, 6.45) is 1.87. The molecule has 110 valence electrons. The summed E-state index contributed by atoms with van der Waals surface area (Å²) in [6.45, 7) is 10.0. The molecule has 4 nitrogen and oxygen atoms in total. The summed E-state index contributed by atoms with van der Waals surface area (Å²) in [5.74, 6) is 2.13. The second-order valence-electron chi connectivity index (χ2n) is 6.29. The molecule has 1 aliphatic rings. The largest absolute Gasteiger partial charge is 0.355 e. The lowest BCUT2D eigenvalue weighted by molar-refractivity contribution is -0.126. The highest BCUT2D eigenvalue weighted by molar-refractivity contribution is 5.83. The fourth-order valence-corrected chi connectivity index (χ4v) is 2.68. The van der Waals surface area contributed by atoms with Gasteiger partial charge in [0.15, 0.2) is 5.82 Å². The predicted molar refractivity (Wildman–Crippen MR) is 80.9 cm³/mol. The average Bonchev–Trinajstić information content (AvgIpc) is 2.46. The van der Waals surface area contributed by atoms with Crippen molar-refractivity contribution >= 4 is 11.6 Å². The van der Waals surface area contributed by atoms with Gasteiger partial charge in [-0.2, -0.15) is 5.10 Å². The standard InChI is InChI=1S/C16H25N3O/c1-11(2)14-5-6-15(18-17-14)19-9-7-13(8-10-19)16(20)12(3)4/h5-6,11-13H,7-10H2,1-4H3. The van der Waals surface area contributed by atoms with Crippen molar-refractivity contribution in [3.63, 3.8) is 0 Å². The third-order valence-electron chi connectivity index (χ3n) is 4.05. The highest BCUT2D eigenvalue weighted by atomic mass is 16.1. The van der Waals surface area contributed by atoms with Gasteiger partial charge in [0, 0.05) is 24.9 Å². The lowest BCUT2D eigenvalue weighted by Gasteiger charge is -2.32. The quantitative estimate of drug-likeness (QED) is 0.847. The van der Waals surface area contributed by atoms with Gasteiger partial charge in [0.25, 0.3) is 0 Å². The van der Waals surface area contributed by atoms with E-state index >= 15 is 0 Å². The summed E-state index contributed by atoms with van der Waals surface area (Å²) >= 11 is 0. The maximum atomic E-state index is 12.0. The molecule has 0 unspecified atom stereocenters. The van der Waals surface area contributed by atoms with Crippen molar-refractivity contribution in [3.8, 4) is 0 Å². The van der Waals surface area contributed by atoms with Gasteiger partial charge in [0.1, 0.15) is 5.78 Å². The van der Waals surface area contributed by atoms with Gasteiger partial charge >= 0.3 is 0 Å². The van der Waals surface area contributed by atoms with Crippen molar-refractivity contribution in [1.82, 2.24) is 10.2 Å². The zero-order valence-corrected chi connectivity index (χ0v) is 13.0. The Kier molecular flexibility index (Phi) is 4.73. The molecule has 1 aromatic rings. The van der Waals surface area contributed by atoms with Gasteiger partial charge in [0.2, 0.25) is 0 Å². The van der Waals surface area contributed by atoms with Crippen molar-refractivity contribution in [3.05, 3.63) is 17.8 Å². The molecule has 0 bridgehead atoms. The minimum Gasteiger partial charge on any atom is -0.355 e. The van der Waals surface area contributed by atoms with Crippen LogP contribution in [0, 0.1) is 11.8 Å². The van der Waals surface area contributed by atoms with Crippen LogP contribution in [0.15, 0.2) is 12.1 Å². The molecule has 0 N–H and O–H groups in total. The Hall–Kier alpha value is -1.45. The van der Waals surface area contributed by atoms with E-state index in [2.05, 4.69) is 35.0 Å². The SMILES string of the molecule is CC(C)C(=O)C1CCN(c2ccc(C(C)C)nn2)CC1. The molecular weight excluding hydrogens is 250 g/mol. The Balaban J connectivity index is 1.95. The topological polar surface area (TPSA) is 46.1 Å². The fourth-order valence-electron chi connectivity index (χ4n) is 2.68. The molecule has 20 heavy (non-hydrogen) atoms. The maximum absolute atomic E-state index is 12.0. The van der Waals surface area contributed by atoms with Gasteiger partial charge in [-0.1, -0.05) is 27.7 Å². The van der Waals surface area contributed by atoms with Crippen molar-refractivity contribution in [2.45, 2.75) is 46.5 Å². The molecule has 2 rings (SSSR count). The van der Waals surface area contributed by atoms with Crippen LogP contribution in [0.4, 0.5) is 5.82 Å². The zero-order chi connectivity index (χ0) is 14.7. The molecule has 0 spiro atoms. The number of Topliss-reactive ketones (excluding diaryl/α,β-unsaturated/α-hetero) is 1. The summed E-state index contributed by atoms with van der Waals surface area (Å²) in [5, 5.41) is 8.60. The Labute approximate surface area is 121 Å². The summed E-state index contributed by atoms with van der Waals surface area (Å²) < 4.78 is 0. The van der Waals surface area contributed by atoms with Gasteiger partial charge in [-0.25, -0.2) is 0 Å². The van der Waals surface area contributed by atoms with E-state index in [4.69, 9.17) is 0 Å². The minimum atomic E-state index is 0.150. The molecule has 0 aromatic carbocycles. The van der Waals surface area contributed by atoms with Gasteiger partial charge in [-0.15, -0.1) is 5.10 Å². The Bertz CT molecular complexity index is 445. The van der Waals surface area contributed by atoms with E-state index in [1.54, 1.807) is 0 Å². The lowest BCUT2D eigenvalue weighted by Crippen LogP contribution is -2.38. The van der Waals surface area contributed by atoms with Crippen LogP contribution in [0.3, 0.4) is 0 Å². The lowest BCUT2D eigenvalue weighted by atomic mass is 9.87. The first kappa shape index (κ1) is 14.9. The van der Waals surface area contributed by atoms with E-state index in [0.717, 1.165) is 37.4 Å². The predicted octanol–water partition coefficient (Wildman–Crippen LogP) is 3.04. The van der Waals surface area contributed by atoms with Crippen LogP contribution >= 0.6 is 0 Å². The van der Waals surface area contributed by atoms with Crippen molar-refractivity contribution in [2.75, 3.05) is 18.0 Å². The van der Waals surface area contributed by atoms with Crippen molar-refractivity contribution < 1.29 is 4.79 Å². The molecule has 0 aliphatic carbocycles. The van der Waals surface area contributed by atoms with Gasteiger partial charge in [-0.3, -0.25) is 4.79 Å². The van der Waals surface area contributed by atoms with Gasteiger partial charge in [0.05, 0.1) is 5.69 Å². The van der Waals surface area contributed by atoms with Gasteiger partial charge < -0.3 is 4.90 Å². The van der Waals surface area contributed by atoms with E-state index in [0.29, 0.717) is 11.7 Å². The first-order valence-electron chi connectivity index (χ1n) is 7.61. The van der Waals surface area contributed by atoms with Crippen LogP contribution in [0.1, 0.15) is 52.1 Å². The van der Waals surface area contributed by atoms with Crippen LogP contribution in [-0.2, 0) is 4.79 Å². The number of rotatable bonds is 4. The maximum Gasteiger partial charge on any atom is 0.151 e. The van der Waals surface area contributed by atoms with E-state index in [1.807, 2.05) is 19.9 Å². The summed E-state index contributed by atoms with van der Waals surface area (Å²) in [7, 11) is 0. The fraction of sp³-hybridized carbons (Fsp3) is 0.688. The Morgan fingerprint density at radius 1 is 1.15 bits per heavy atom.